The Labute approximate surface area is 125 Å². The summed E-state index contributed by atoms with van der Waals surface area (Å²) in [5.41, 5.74) is 2.13. The Kier molecular flexibility index (Phi) is 4.91. The van der Waals surface area contributed by atoms with Crippen LogP contribution in [0.15, 0.2) is 30.3 Å². The van der Waals surface area contributed by atoms with Gasteiger partial charge in [0.25, 0.3) is 5.91 Å². The Hall–Kier alpha value is -1.94. The molecule has 0 saturated heterocycles. The summed E-state index contributed by atoms with van der Waals surface area (Å²) in [6.45, 7) is 6.16. The van der Waals surface area contributed by atoms with E-state index in [1.165, 1.54) is 0 Å². The minimum absolute atomic E-state index is 0.165. The summed E-state index contributed by atoms with van der Waals surface area (Å²) in [6, 6.07) is 9.44. The van der Waals surface area contributed by atoms with Crippen LogP contribution in [0.1, 0.15) is 36.3 Å². The number of amides is 1. The van der Waals surface area contributed by atoms with Crippen molar-refractivity contribution in [1.82, 2.24) is 10.3 Å². The zero-order valence-corrected chi connectivity index (χ0v) is 12.8. The SMILES string of the molecule is CCC(C)C(O)CNC(=O)c1cccc2ccc(C)nc12. The van der Waals surface area contributed by atoms with Crippen LogP contribution in [0.3, 0.4) is 0 Å². The van der Waals surface area contributed by atoms with Crippen LogP contribution in [0, 0.1) is 12.8 Å². The van der Waals surface area contributed by atoms with E-state index in [-0.39, 0.29) is 18.4 Å². The lowest BCUT2D eigenvalue weighted by molar-refractivity contribution is 0.0851. The first-order valence-electron chi connectivity index (χ1n) is 7.35. The minimum atomic E-state index is -0.524. The van der Waals surface area contributed by atoms with Gasteiger partial charge in [-0.15, -0.1) is 0 Å². The number of nitrogens with zero attached hydrogens (tertiary/aromatic N) is 1. The number of aliphatic hydroxyl groups is 1. The third-order valence-electron chi connectivity index (χ3n) is 3.88. The summed E-state index contributed by atoms with van der Waals surface area (Å²) in [6.07, 6.45) is 0.357. The number of aliphatic hydroxyl groups excluding tert-OH is 1. The number of aryl methyl sites for hydroxylation is 1. The molecule has 0 spiro atoms. The lowest BCUT2D eigenvalue weighted by atomic mass is 10.0. The third kappa shape index (κ3) is 3.58. The minimum Gasteiger partial charge on any atom is -0.391 e. The van der Waals surface area contributed by atoms with E-state index in [9.17, 15) is 9.90 Å². The van der Waals surface area contributed by atoms with E-state index in [1.807, 2.05) is 45.0 Å². The second-order valence-corrected chi connectivity index (χ2v) is 5.49. The topological polar surface area (TPSA) is 62.2 Å². The summed E-state index contributed by atoms with van der Waals surface area (Å²) in [5.74, 6) is -0.0285. The van der Waals surface area contributed by atoms with Gasteiger partial charge in [-0.2, -0.15) is 0 Å². The first-order valence-corrected chi connectivity index (χ1v) is 7.35. The highest BCUT2D eigenvalue weighted by Gasteiger charge is 2.15. The summed E-state index contributed by atoms with van der Waals surface area (Å²) < 4.78 is 0. The van der Waals surface area contributed by atoms with E-state index in [0.717, 1.165) is 17.5 Å². The molecule has 0 aliphatic carbocycles. The molecule has 0 fully saturated rings. The molecule has 1 amide bonds. The summed E-state index contributed by atoms with van der Waals surface area (Å²) in [7, 11) is 0. The predicted molar refractivity (Wildman–Crippen MR) is 84.3 cm³/mol. The van der Waals surface area contributed by atoms with Gasteiger partial charge in [-0.25, -0.2) is 0 Å². The Balaban J connectivity index is 2.18. The Morgan fingerprint density at radius 1 is 1.33 bits per heavy atom. The lowest BCUT2D eigenvalue weighted by Crippen LogP contribution is -2.35. The van der Waals surface area contributed by atoms with Gasteiger partial charge in [0.1, 0.15) is 0 Å². The molecule has 2 atom stereocenters. The number of carbonyl (C=O) groups is 1. The molecule has 4 heteroatoms. The number of rotatable bonds is 5. The molecule has 0 aliphatic heterocycles. The number of aromatic nitrogens is 1. The van der Waals surface area contributed by atoms with E-state index in [1.54, 1.807) is 6.07 Å². The van der Waals surface area contributed by atoms with Gasteiger partial charge in [-0.3, -0.25) is 9.78 Å². The van der Waals surface area contributed by atoms with E-state index >= 15 is 0 Å². The van der Waals surface area contributed by atoms with Crippen molar-refractivity contribution in [1.29, 1.82) is 0 Å². The molecule has 1 heterocycles. The van der Waals surface area contributed by atoms with Gasteiger partial charge in [0, 0.05) is 17.6 Å². The number of para-hydroxylation sites is 1. The molecule has 2 N–H and O–H groups in total. The normalized spacial score (nSPS) is 13.9. The van der Waals surface area contributed by atoms with Crippen LogP contribution in [0.4, 0.5) is 0 Å². The highest BCUT2D eigenvalue weighted by molar-refractivity contribution is 6.05. The molecule has 2 aromatic rings. The quantitative estimate of drug-likeness (QED) is 0.888. The number of hydrogen-bond donors (Lipinski definition) is 2. The molecular weight excluding hydrogens is 264 g/mol. The van der Waals surface area contributed by atoms with E-state index in [0.29, 0.717) is 11.1 Å². The fourth-order valence-corrected chi connectivity index (χ4v) is 2.19. The van der Waals surface area contributed by atoms with Crippen LogP contribution < -0.4 is 5.32 Å². The molecule has 0 saturated carbocycles. The van der Waals surface area contributed by atoms with Crippen molar-refractivity contribution in [2.45, 2.75) is 33.3 Å². The van der Waals surface area contributed by atoms with Crippen molar-refractivity contribution in [2.75, 3.05) is 6.54 Å². The van der Waals surface area contributed by atoms with Crippen LogP contribution in [-0.4, -0.2) is 28.6 Å². The van der Waals surface area contributed by atoms with Gasteiger partial charge < -0.3 is 10.4 Å². The van der Waals surface area contributed by atoms with Crippen LogP contribution in [0.25, 0.3) is 10.9 Å². The second kappa shape index (κ2) is 6.68. The van der Waals surface area contributed by atoms with Crippen molar-refractivity contribution in [3.05, 3.63) is 41.6 Å². The molecule has 2 rings (SSSR count). The van der Waals surface area contributed by atoms with Gasteiger partial charge in [-0.1, -0.05) is 38.5 Å². The number of carbonyl (C=O) groups excluding carboxylic acids is 1. The molecule has 21 heavy (non-hydrogen) atoms. The molecule has 1 aromatic heterocycles. The molecule has 0 aliphatic rings. The van der Waals surface area contributed by atoms with Gasteiger partial charge >= 0.3 is 0 Å². The number of pyridine rings is 1. The zero-order chi connectivity index (χ0) is 15.4. The van der Waals surface area contributed by atoms with Crippen molar-refractivity contribution < 1.29 is 9.90 Å². The van der Waals surface area contributed by atoms with Crippen LogP contribution in [0.5, 0.6) is 0 Å². The van der Waals surface area contributed by atoms with Gasteiger partial charge in [0.2, 0.25) is 0 Å². The zero-order valence-electron chi connectivity index (χ0n) is 12.8. The second-order valence-electron chi connectivity index (χ2n) is 5.49. The number of nitrogens with one attached hydrogen (secondary N) is 1. The summed E-state index contributed by atoms with van der Waals surface area (Å²) >= 11 is 0. The first-order chi connectivity index (χ1) is 10.0. The predicted octanol–water partition coefficient (Wildman–Crippen LogP) is 2.68. The standard InChI is InChI=1S/C17H22N2O2/c1-4-11(2)15(20)10-18-17(21)14-7-5-6-13-9-8-12(3)19-16(13)14/h5-9,11,15,20H,4,10H2,1-3H3,(H,18,21). The van der Waals surface area contributed by atoms with Crippen LogP contribution in [-0.2, 0) is 0 Å². The Bertz CT molecular complexity index is 640. The fourth-order valence-electron chi connectivity index (χ4n) is 2.19. The van der Waals surface area contributed by atoms with E-state index in [4.69, 9.17) is 0 Å². The Morgan fingerprint density at radius 3 is 2.81 bits per heavy atom. The molecule has 2 unspecified atom stereocenters. The van der Waals surface area contributed by atoms with E-state index in [2.05, 4.69) is 10.3 Å². The summed E-state index contributed by atoms with van der Waals surface area (Å²) in [4.78, 5) is 16.8. The maximum absolute atomic E-state index is 12.3. The van der Waals surface area contributed by atoms with Crippen LogP contribution >= 0.6 is 0 Å². The highest BCUT2D eigenvalue weighted by atomic mass is 16.3. The number of benzene rings is 1. The molecule has 0 radical (unpaired) electrons. The van der Waals surface area contributed by atoms with Crippen molar-refractivity contribution in [3.63, 3.8) is 0 Å². The maximum Gasteiger partial charge on any atom is 0.253 e. The average molecular weight is 286 g/mol. The highest BCUT2D eigenvalue weighted by Crippen LogP contribution is 2.17. The smallest absolute Gasteiger partial charge is 0.253 e. The fraction of sp³-hybridized carbons (Fsp3) is 0.412. The Morgan fingerprint density at radius 2 is 2.10 bits per heavy atom. The van der Waals surface area contributed by atoms with Gasteiger partial charge in [0.05, 0.1) is 17.2 Å². The third-order valence-corrected chi connectivity index (χ3v) is 3.88. The van der Waals surface area contributed by atoms with Crippen molar-refractivity contribution in [3.8, 4) is 0 Å². The van der Waals surface area contributed by atoms with Gasteiger partial charge in [0.15, 0.2) is 0 Å². The monoisotopic (exact) mass is 286 g/mol. The largest absolute Gasteiger partial charge is 0.391 e. The first kappa shape index (κ1) is 15.4. The van der Waals surface area contributed by atoms with Gasteiger partial charge in [-0.05, 0) is 25.0 Å². The molecular formula is C17H22N2O2. The van der Waals surface area contributed by atoms with Crippen molar-refractivity contribution in [2.24, 2.45) is 5.92 Å². The van der Waals surface area contributed by atoms with E-state index < -0.39 is 6.10 Å². The molecule has 4 nitrogen and oxygen atoms in total. The number of hydrogen-bond acceptors (Lipinski definition) is 3. The molecule has 112 valence electrons. The average Bonchev–Trinajstić information content (AvgIpc) is 2.50. The van der Waals surface area contributed by atoms with Crippen molar-refractivity contribution >= 4 is 16.8 Å². The molecule has 0 bridgehead atoms. The number of fused-ring (bicyclic) bond motifs is 1. The lowest BCUT2D eigenvalue weighted by Gasteiger charge is -2.17. The maximum atomic E-state index is 12.3. The molecule has 1 aromatic carbocycles. The summed E-state index contributed by atoms with van der Waals surface area (Å²) in [5, 5.41) is 13.7. The van der Waals surface area contributed by atoms with Crippen LogP contribution in [0.2, 0.25) is 0 Å².